The number of halogens is 1. The molecule has 0 bridgehead atoms. The van der Waals surface area contributed by atoms with Crippen LogP contribution >= 0.6 is 11.6 Å². The van der Waals surface area contributed by atoms with Crippen molar-refractivity contribution in [3.05, 3.63) is 69.2 Å². The molecule has 1 aromatic carbocycles. The maximum atomic E-state index is 12.6. The van der Waals surface area contributed by atoms with Crippen LogP contribution in [-0.4, -0.2) is 26.2 Å². The normalized spacial score (nSPS) is 13.0. The molecule has 0 radical (unpaired) electrons. The molecular formula is C16H10ClN5O3. The van der Waals surface area contributed by atoms with Crippen LogP contribution in [-0.2, 0) is 0 Å². The Morgan fingerprint density at radius 2 is 1.92 bits per heavy atom. The summed E-state index contributed by atoms with van der Waals surface area (Å²) in [6, 6.07) is 7.71. The van der Waals surface area contributed by atoms with Gasteiger partial charge in [-0.15, -0.1) is 0 Å². The van der Waals surface area contributed by atoms with Crippen LogP contribution in [0, 0.1) is 0 Å². The van der Waals surface area contributed by atoms with Crippen LogP contribution in [0.2, 0.25) is 5.02 Å². The lowest BCUT2D eigenvalue weighted by atomic mass is 10.1. The SMILES string of the molecule is Nc1c2c(cc(=O)n1-c1cccc(Cl)c1-n1cccn1)C(=O)NC2=O. The molecule has 0 unspecified atom stereocenters. The Labute approximate surface area is 145 Å². The molecule has 0 saturated heterocycles. The van der Waals surface area contributed by atoms with E-state index in [4.69, 9.17) is 17.3 Å². The van der Waals surface area contributed by atoms with Crippen molar-refractivity contribution in [2.24, 2.45) is 0 Å². The number of imide groups is 1. The highest BCUT2D eigenvalue weighted by molar-refractivity contribution is 6.32. The lowest BCUT2D eigenvalue weighted by Gasteiger charge is -2.16. The van der Waals surface area contributed by atoms with Gasteiger partial charge in [0.25, 0.3) is 17.4 Å². The van der Waals surface area contributed by atoms with Gasteiger partial charge >= 0.3 is 0 Å². The molecule has 9 heteroatoms. The van der Waals surface area contributed by atoms with Crippen molar-refractivity contribution in [3.8, 4) is 11.4 Å². The highest BCUT2D eigenvalue weighted by Crippen LogP contribution is 2.29. The fraction of sp³-hybridized carbons (Fsp3) is 0. The molecule has 1 aliphatic heterocycles. The quantitative estimate of drug-likeness (QED) is 0.669. The van der Waals surface area contributed by atoms with Gasteiger partial charge in [0.1, 0.15) is 11.5 Å². The number of nitrogens with zero attached hydrogens (tertiary/aromatic N) is 3. The Hall–Kier alpha value is -3.39. The third-order valence-corrected chi connectivity index (χ3v) is 4.20. The van der Waals surface area contributed by atoms with Crippen LogP contribution in [0.1, 0.15) is 20.7 Å². The average Bonchev–Trinajstić information content (AvgIpc) is 3.16. The largest absolute Gasteiger partial charge is 0.384 e. The van der Waals surface area contributed by atoms with E-state index >= 15 is 0 Å². The molecule has 2 aromatic heterocycles. The molecule has 0 saturated carbocycles. The van der Waals surface area contributed by atoms with Gasteiger partial charge in [0.15, 0.2) is 0 Å². The Balaban J connectivity index is 2.08. The summed E-state index contributed by atoms with van der Waals surface area (Å²) in [5.74, 6) is -1.43. The van der Waals surface area contributed by atoms with E-state index in [1.807, 2.05) is 0 Å². The van der Waals surface area contributed by atoms with Gasteiger partial charge in [-0.05, 0) is 18.2 Å². The van der Waals surface area contributed by atoms with Gasteiger partial charge in [0.2, 0.25) is 0 Å². The number of hydrogen-bond acceptors (Lipinski definition) is 5. The molecule has 3 heterocycles. The van der Waals surface area contributed by atoms with Crippen molar-refractivity contribution >= 4 is 29.2 Å². The highest BCUT2D eigenvalue weighted by Gasteiger charge is 2.32. The first kappa shape index (κ1) is 15.2. The molecule has 4 rings (SSSR count). The second-order valence-corrected chi connectivity index (χ2v) is 5.74. The molecule has 3 N–H and O–H groups in total. The zero-order valence-electron chi connectivity index (χ0n) is 12.6. The number of amides is 2. The van der Waals surface area contributed by atoms with Gasteiger partial charge in [-0.1, -0.05) is 17.7 Å². The number of nitrogens with two attached hydrogens (primary N) is 1. The van der Waals surface area contributed by atoms with Crippen LogP contribution in [0.25, 0.3) is 11.4 Å². The number of aromatic nitrogens is 3. The second-order valence-electron chi connectivity index (χ2n) is 5.33. The Morgan fingerprint density at radius 3 is 2.64 bits per heavy atom. The van der Waals surface area contributed by atoms with Gasteiger partial charge < -0.3 is 5.73 Å². The third kappa shape index (κ3) is 2.15. The van der Waals surface area contributed by atoms with Crippen LogP contribution in [0.5, 0.6) is 0 Å². The van der Waals surface area contributed by atoms with E-state index in [1.165, 1.54) is 4.68 Å². The van der Waals surface area contributed by atoms with Gasteiger partial charge in [-0.3, -0.25) is 24.3 Å². The van der Waals surface area contributed by atoms with Crippen molar-refractivity contribution in [2.75, 3.05) is 5.73 Å². The lowest BCUT2D eigenvalue weighted by Crippen LogP contribution is -2.25. The second kappa shape index (κ2) is 5.32. The van der Waals surface area contributed by atoms with Gasteiger partial charge in [0.05, 0.1) is 21.8 Å². The molecule has 25 heavy (non-hydrogen) atoms. The van der Waals surface area contributed by atoms with Crippen molar-refractivity contribution in [2.45, 2.75) is 0 Å². The topological polar surface area (TPSA) is 112 Å². The Bertz CT molecular complexity index is 1100. The summed E-state index contributed by atoms with van der Waals surface area (Å²) in [4.78, 5) is 36.4. The van der Waals surface area contributed by atoms with Gasteiger partial charge in [-0.25, -0.2) is 4.68 Å². The zero-order chi connectivity index (χ0) is 17.7. The number of anilines is 1. The monoisotopic (exact) mass is 355 g/mol. The smallest absolute Gasteiger partial charge is 0.262 e. The minimum absolute atomic E-state index is 0.0315. The number of nitrogens with one attached hydrogen (secondary N) is 1. The number of nitrogen functional groups attached to an aromatic ring is 1. The summed E-state index contributed by atoms with van der Waals surface area (Å²) in [5, 5.41) is 6.60. The number of fused-ring (bicyclic) bond motifs is 1. The summed E-state index contributed by atoms with van der Waals surface area (Å²) in [6.45, 7) is 0. The molecule has 0 aliphatic carbocycles. The zero-order valence-corrected chi connectivity index (χ0v) is 13.3. The predicted octanol–water partition coefficient (Wildman–Crippen LogP) is 1.14. The van der Waals surface area contributed by atoms with Crippen molar-refractivity contribution in [3.63, 3.8) is 0 Å². The number of para-hydroxylation sites is 1. The number of carbonyl (C=O) groups is 2. The first-order valence-electron chi connectivity index (χ1n) is 7.19. The maximum absolute atomic E-state index is 12.6. The molecule has 2 amide bonds. The van der Waals surface area contributed by atoms with E-state index in [2.05, 4.69) is 10.4 Å². The van der Waals surface area contributed by atoms with E-state index in [1.54, 1.807) is 36.7 Å². The van der Waals surface area contributed by atoms with Crippen molar-refractivity contribution < 1.29 is 9.59 Å². The summed E-state index contributed by atoms with van der Waals surface area (Å²) in [5.41, 5.74) is 6.21. The number of hydrogen-bond donors (Lipinski definition) is 2. The summed E-state index contributed by atoms with van der Waals surface area (Å²) in [6.07, 6.45) is 3.23. The number of rotatable bonds is 2. The van der Waals surface area contributed by atoms with Gasteiger partial charge in [0, 0.05) is 18.5 Å². The molecule has 0 fully saturated rings. The average molecular weight is 356 g/mol. The first-order valence-corrected chi connectivity index (χ1v) is 7.57. The molecule has 0 spiro atoms. The number of benzene rings is 1. The van der Waals surface area contributed by atoms with E-state index in [9.17, 15) is 14.4 Å². The minimum Gasteiger partial charge on any atom is -0.384 e. The molecule has 8 nitrogen and oxygen atoms in total. The first-order chi connectivity index (χ1) is 12.0. The standard InChI is InChI=1S/C16H10ClN5O3/c17-9-3-1-4-10(13(9)21-6-2-5-19-21)22-11(23)7-8-12(14(22)18)16(25)20-15(8)24/h1-7H,18H2,(H,20,24,25). The molecule has 124 valence electrons. The fourth-order valence-corrected chi connectivity index (χ4v) is 3.10. The van der Waals surface area contributed by atoms with Crippen molar-refractivity contribution in [1.82, 2.24) is 19.7 Å². The molecule has 3 aromatic rings. The molecule has 1 aliphatic rings. The summed E-state index contributed by atoms with van der Waals surface area (Å²) >= 11 is 6.29. The van der Waals surface area contributed by atoms with Gasteiger partial charge in [-0.2, -0.15) is 5.10 Å². The van der Waals surface area contributed by atoms with Crippen LogP contribution in [0.15, 0.2) is 47.5 Å². The highest BCUT2D eigenvalue weighted by atomic mass is 35.5. The van der Waals surface area contributed by atoms with E-state index in [0.29, 0.717) is 16.4 Å². The maximum Gasteiger partial charge on any atom is 0.262 e. The number of pyridine rings is 1. The summed E-state index contributed by atoms with van der Waals surface area (Å²) < 4.78 is 2.63. The van der Waals surface area contributed by atoms with E-state index in [0.717, 1.165) is 10.6 Å². The number of carbonyl (C=O) groups excluding carboxylic acids is 2. The Kier molecular flexibility index (Phi) is 3.22. The Morgan fingerprint density at radius 1 is 1.12 bits per heavy atom. The van der Waals surface area contributed by atoms with Crippen LogP contribution < -0.4 is 16.6 Å². The van der Waals surface area contributed by atoms with Crippen LogP contribution in [0.3, 0.4) is 0 Å². The summed E-state index contributed by atoms with van der Waals surface area (Å²) in [7, 11) is 0. The molecule has 0 atom stereocenters. The minimum atomic E-state index is -0.645. The fourth-order valence-electron chi connectivity index (χ4n) is 2.84. The third-order valence-electron chi connectivity index (χ3n) is 3.89. The van der Waals surface area contributed by atoms with Crippen LogP contribution in [0.4, 0.5) is 5.82 Å². The van der Waals surface area contributed by atoms with E-state index in [-0.39, 0.29) is 16.9 Å². The predicted molar refractivity (Wildman–Crippen MR) is 90.4 cm³/mol. The lowest BCUT2D eigenvalue weighted by molar-refractivity contribution is 0.0880. The van der Waals surface area contributed by atoms with Crippen molar-refractivity contribution in [1.29, 1.82) is 0 Å². The molecular weight excluding hydrogens is 346 g/mol. The van der Waals surface area contributed by atoms with E-state index < -0.39 is 17.4 Å².